The summed E-state index contributed by atoms with van der Waals surface area (Å²) in [6, 6.07) is 6.66. The summed E-state index contributed by atoms with van der Waals surface area (Å²) in [5.41, 5.74) is 1.78. The van der Waals surface area contributed by atoms with E-state index in [9.17, 15) is 8.42 Å². The molecule has 0 aliphatic carbocycles. The monoisotopic (exact) mass is 280 g/mol. The molecule has 0 spiro atoms. The molecule has 0 heterocycles. The highest BCUT2D eigenvalue weighted by atomic mass is 32.2. The molecule has 0 aliphatic heterocycles. The Morgan fingerprint density at radius 1 is 1.37 bits per heavy atom. The van der Waals surface area contributed by atoms with Crippen LogP contribution in [0.4, 0.5) is 0 Å². The highest BCUT2D eigenvalue weighted by Crippen LogP contribution is 2.09. The van der Waals surface area contributed by atoms with Gasteiger partial charge >= 0.3 is 0 Å². The van der Waals surface area contributed by atoms with E-state index in [0.717, 1.165) is 30.5 Å². The van der Waals surface area contributed by atoms with Gasteiger partial charge in [0.25, 0.3) is 10.0 Å². The van der Waals surface area contributed by atoms with Crippen molar-refractivity contribution in [1.82, 2.24) is 4.83 Å². The van der Waals surface area contributed by atoms with Crippen molar-refractivity contribution in [3.63, 3.8) is 0 Å². The lowest BCUT2D eigenvalue weighted by Gasteiger charge is -2.05. The van der Waals surface area contributed by atoms with Gasteiger partial charge < -0.3 is 0 Å². The van der Waals surface area contributed by atoms with E-state index in [1.807, 2.05) is 13.0 Å². The minimum absolute atomic E-state index is 0.223. The topological polar surface area (TPSA) is 58.5 Å². The van der Waals surface area contributed by atoms with Crippen LogP contribution in [0, 0.1) is 6.92 Å². The first-order valence-corrected chi connectivity index (χ1v) is 7.66. The largest absolute Gasteiger partial charge is 0.276 e. The molecular weight excluding hydrogens is 260 g/mol. The number of sulfonamides is 1. The summed E-state index contributed by atoms with van der Waals surface area (Å²) < 4.78 is 23.9. The van der Waals surface area contributed by atoms with Crippen molar-refractivity contribution in [3.8, 4) is 0 Å². The van der Waals surface area contributed by atoms with Crippen molar-refractivity contribution in [3.05, 3.63) is 42.5 Å². The first kappa shape index (κ1) is 15.4. The van der Waals surface area contributed by atoms with Crippen LogP contribution in [0.15, 0.2) is 46.9 Å². The van der Waals surface area contributed by atoms with E-state index in [-0.39, 0.29) is 4.90 Å². The number of allylic oxidation sites excluding steroid dienone is 1. The maximum absolute atomic E-state index is 11.9. The second-order valence-corrected chi connectivity index (χ2v) is 6.10. The van der Waals surface area contributed by atoms with E-state index >= 15 is 0 Å². The molecular formula is C14H20N2O2S. The molecule has 4 nitrogen and oxygen atoms in total. The zero-order valence-electron chi connectivity index (χ0n) is 11.4. The molecule has 0 bridgehead atoms. The van der Waals surface area contributed by atoms with Crippen molar-refractivity contribution in [2.24, 2.45) is 5.10 Å². The fourth-order valence-electron chi connectivity index (χ4n) is 1.47. The Bertz CT molecular complexity index is 545. The van der Waals surface area contributed by atoms with Crippen LogP contribution in [0.1, 0.15) is 31.7 Å². The Balaban J connectivity index is 2.67. The average Bonchev–Trinajstić information content (AvgIpc) is 2.37. The van der Waals surface area contributed by atoms with E-state index in [1.54, 1.807) is 31.2 Å². The number of hydrazone groups is 1. The van der Waals surface area contributed by atoms with Gasteiger partial charge in [-0.2, -0.15) is 13.5 Å². The van der Waals surface area contributed by atoms with Gasteiger partial charge in [-0.15, -0.1) is 6.58 Å². The fraction of sp³-hybridized carbons (Fsp3) is 0.357. The summed E-state index contributed by atoms with van der Waals surface area (Å²) in [6.07, 6.45) is 4.41. The van der Waals surface area contributed by atoms with Crippen molar-refractivity contribution < 1.29 is 8.42 Å². The van der Waals surface area contributed by atoms with Crippen molar-refractivity contribution in [2.45, 2.75) is 38.0 Å². The van der Waals surface area contributed by atoms with E-state index in [1.165, 1.54) is 0 Å². The third-order valence-electron chi connectivity index (χ3n) is 2.63. The lowest BCUT2D eigenvalue weighted by Crippen LogP contribution is -2.19. The van der Waals surface area contributed by atoms with Gasteiger partial charge in [-0.3, -0.25) is 0 Å². The molecule has 1 aromatic carbocycles. The summed E-state index contributed by atoms with van der Waals surface area (Å²) in [6.45, 7) is 7.35. The Kier molecular flexibility index (Phi) is 5.76. The van der Waals surface area contributed by atoms with Crippen LogP contribution < -0.4 is 4.83 Å². The molecule has 0 aliphatic rings. The van der Waals surface area contributed by atoms with Gasteiger partial charge in [-0.05, 0) is 45.2 Å². The predicted octanol–water partition coefficient (Wildman–Crippen LogP) is 3.01. The zero-order chi connectivity index (χ0) is 14.3. The SMILES string of the molecule is C=CCCCC(C)=NNS(=O)(=O)c1ccc(C)cc1. The van der Waals surface area contributed by atoms with Gasteiger partial charge in [0.05, 0.1) is 4.90 Å². The molecule has 1 aromatic rings. The van der Waals surface area contributed by atoms with Crippen LogP contribution in [0.25, 0.3) is 0 Å². The van der Waals surface area contributed by atoms with Crippen molar-refractivity contribution >= 4 is 15.7 Å². The number of hydrogen-bond acceptors (Lipinski definition) is 3. The van der Waals surface area contributed by atoms with Gasteiger partial charge in [0.1, 0.15) is 0 Å². The van der Waals surface area contributed by atoms with Crippen LogP contribution in [-0.2, 0) is 10.0 Å². The number of aryl methyl sites for hydroxylation is 1. The van der Waals surface area contributed by atoms with Crippen molar-refractivity contribution in [2.75, 3.05) is 0 Å². The number of benzene rings is 1. The maximum atomic E-state index is 11.9. The number of hydrogen-bond donors (Lipinski definition) is 1. The molecule has 0 atom stereocenters. The molecule has 1 rings (SSSR count). The predicted molar refractivity (Wildman–Crippen MR) is 78.7 cm³/mol. The standard InChI is InChI=1S/C14H20N2O2S/c1-4-5-6-7-13(3)15-16-19(17,18)14-10-8-12(2)9-11-14/h4,8-11,16H,1,5-7H2,2-3H3. The van der Waals surface area contributed by atoms with Crippen LogP contribution >= 0.6 is 0 Å². The van der Waals surface area contributed by atoms with E-state index in [0.29, 0.717) is 0 Å². The summed E-state index contributed by atoms with van der Waals surface area (Å²) in [5, 5.41) is 3.91. The van der Waals surface area contributed by atoms with Gasteiger partial charge in [0, 0.05) is 5.71 Å². The molecule has 0 saturated heterocycles. The first-order chi connectivity index (χ1) is 8.95. The number of rotatable bonds is 7. The van der Waals surface area contributed by atoms with Crippen LogP contribution in [0.2, 0.25) is 0 Å². The molecule has 104 valence electrons. The Morgan fingerprint density at radius 2 is 2.00 bits per heavy atom. The molecule has 0 saturated carbocycles. The minimum Gasteiger partial charge on any atom is -0.200 e. The van der Waals surface area contributed by atoms with E-state index < -0.39 is 10.0 Å². The summed E-state index contributed by atoms with van der Waals surface area (Å²) >= 11 is 0. The van der Waals surface area contributed by atoms with Gasteiger partial charge in [0.2, 0.25) is 0 Å². The lowest BCUT2D eigenvalue weighted by atomic mass is 10.2. The summed E-state index contributed by atoms with van der Waals surface area (Å²) in [5.74, 6) is 0. The molecule has 0 aromatic heterocycles. The quantitative estimate of drug-likeness (QED) is 0.361. The molecule has 0 unspecified atom stereocenters. The number of nitrogens with zero attached hydrogens (tertiary/aromatic N) is 1. The van der Waals surface area contributed by atoms with Crippen LogP contribution in [0.5, 0.6) is 0 Å². The van der Waals surface area contributed by atoms with Gasteiger partial charge in [-0.1, -0.05) is 23.8 Å². The minimum atomic E-state index is -3.56. The first-order valence-electron chi connectivity index (χ1n) is 6.18. The molecule has 0 radical (unpaired) electrons. The molecule has 19 heavy (non-hydrogen) atoms. The molecule has 0 amide bonds. The van der Waals surface area contributed by atoms with Crippen LogP contribution in [-0.4, -0.2) is 14.1 Å². The van der Waals surface area contributed by atoms with Gasteiger partial charge in [0.15, 0.2) is 0 Å². The highest BCUT2D eigenvalue weighted by molar-refractivity contribution is 7.89. The fourth-order valence-corrected chi connectivity index (χ4v) is 2.34. The van der Waals surface area contributed by atoms with Crippen molar-refractivity contribution in [1.29, 1.82) is 0 Å². The van der Waals surface area contributed by atoms with Crippen LogP contribution in [0.3, 0.4) is 0 Å². The lowest BCUT2D eigenvalue weighted by molar-refractivity contribution is 0.584. The van der Waals surface area contributed by atoms with E-state index in [4.69, 9.17) is 0 Å². The third kappa shape index (κ3) is 5.26. The number of unbranched alkanes of at least 4 members (excludes halogenated alkanes) is 1. The molecule has 0 fully saturated rings. The number of nitrogens with one attached hydrogen (secondary N) is 1. The Hall–Kier alpha value is -1.62. The smallest absolute Gasteiger partial charge is 0.200 e. The highest BCUT2D eigenvalue weighted by Gasteiger charge is 2.12. The second-order valence-electron chi connectivity index (χ2n) is 4.44. The molecule has 5 heteroatoms. The summed E-state index contributed by atoms with van der Waals surface area (Å²) in [4.78, 5) is 2.48. The molecule has 1 N–H and O–H groups in total. The second kappa shape index (κ2) is 7.09. The Labute approximate surface area is 115 Å². The third-order valence-corrected chi connectivity index (χ3v) is 3.86. The van der Waals surface area contributed by atoms with Gasteiger partial charge in [-0.25, -0.2) is 4.83 Å². The van der Waals surface area contributed by atoms with E-state index in [2.05, 4.69) is 16.5 Å². The normalized spacial score (nSPS) is 12.2. The Morgan fingerprint density at radius 3 is 2.58 bits per heavy atom. The zero-order valence-corrected chi connectivity index (χ0v) is 12.2. The average molecular weight is 280 g/mol. The maximum Gasteiger partial charge on any atom is 0.276 e. The summed E-state index contributed by atoms with van der Waals surface area (Å²) in [7, 11) is -3.56.